The first-order valence-electron chi connectivity index (χ1n) is 37.1. The Morgan fingerprint density at radius 3 is 1.72 bits per heavy atom. The summed E-state index contributed by atoms with van der Waals surface area (Å²) in [7, 11) is 2.25. The number of fused-ring (bicyclic) bond motifs is 8. The Kier molecular flexibility index (Phi) is 29.1. The quantitative estimate of drug-likeness (QED) is 0.0375. The number of aliphatic imine (C=N–C) groups is 1. The van der Waals surface area contributed by atoms with E-state index in [1.165, 1.54) is 43.0 Å². The standard InChI is InChI=1S/C78H99N15O12S3/c1-45-70(98)86-46(2)71(99)89-62(31-52-39-84-59-25-11-9-23-56(52)59)74(102)92-64-41-107-108-78(3,4)57(68(96)32-48(19-12-14-26-79)66(94)33-49(72(100)87-45)20-13-15-27-80)37-67(95)50(30-51-38-83-58-24-10-8-22-55(51)58)34-69(97)60(35-53-21-16-28-82-53)88-73(101)61(29-47-17-6-5-7-18-47)90-75(103)63(36-54-40-81-43-85-54)91-76(104)65-42-106-44-93(65)77(64)105/h5-11,17-18,21-25,28,38-40,43,45-46,48-50,57,60-65,83-84H,12-16,19-20,26-27,29-37,41-42,44,79-80H2,1-4H3,(H,81,85)(H,86,98)(H,87,100)(H,88,101)(H,89,99)(H,90,103)(H,91,104)(H,92,102)/t45-,46-,48+,49+,50+,57+,60-,61+,62-,63-,64-,65-/m0/s1. The van der Waals surface area contributed by atoms with E-state index in [9.17, 15) is 14.4 Å². The summed E-state index contributed by atoms with van der Waals surface area (Å²) in [6, 6.07) is 12.8. The molecule has 14 N–H and O–H groups in total. The first kappa shape index (κ1) is 81.3. The van der Waals surface area contributed by atoms with Crippen LogP contribution in [0.25, 0.3) is 21.8 Å². The number of hydrogen-bond acceptors (Lipinski definition) is 19. The molecule has 2 bridgehead atoms. The number of aromatic nitrogens is 4. The number of ketones is 4. The van der Waals surface area contributed by atoms with Crippen LogP contribution in [0.4, 0.5) is 0 Å². The Labute approximate surface area is 639 Å². The highest BCUT2D eigenvalue weighted by Crippen LogP contribution is 2.45. The van der Waals surface area contributed by atoms with Gasteiger partial charge >= 0.3 is 0 Å². The molecule has 3 aromatic carbocycles. The Morgan fingerprint density at radius 1 is 0.519 bits per heavy atom. The van der Waals surface area contributed by atoms with E-state index >= 15 is 43.2 Å². The van der Waals surface area contributed by atoms with Gasteiger partial charge in [-0.15, -0.1) is 11.8 Å². The number of imidazole rings is 1. The molecule has 12 atom stereocenters. The number of hydrogen-bond donors (Lipinski definition) is 12. The molecule has 0 radical (unpaired) electrons. The number of rotatable bonds is 18. The summed E-state index contributed by atoms with van der Waals surface area (Å²) >= 11 is 1.25. The first-order chi connectivity index (χ1) is 52.0. The third-order valence-electron chi connectivity index (χ3n) is 20.6. The maximum Gasteiger partial charge on any atom is 0.247 e. The van der Waals surface area contributed by atoms with Crippen LogP contribution in [0.3, 0.4) is 0 Å². The summed E-state index contributed by atoms with van der Waals surface area (Å²) in [5.74, 6) is -12.6. The number of para-hydroxylation sites is 2. The fourth-order valence-electron chi connectivity index (χ4n) is 14.3. The molecule has 108 heavy (non-hydrogen) atoms. The minimum atomic E-state index is -1.50. The molecule has 6 aromatic rings. The second-order valence-corrected chi connectivity index (χ2v) is 33.0. The van der Waals surface area contributed by atoms with Gasteiger partial charge in [0.05, 0.1) is 18.2 Å². The van der Waals surface area contributed by atoms with Crippen LogP contribution in [0.5, 0.6) is 0 Å². The van der Waals surface area contributed by atoms with Crippen molar-refractivity contribution in [3.8, 4) is 0 Å². The lowest BCUT2D eigenvalue weighted by Crippen LogP contribution is -2.61. The topological polar surface area (TPSA) is 417 Å². The predicted molar refractivity (Wildman–Crippen MR) is 417 cm³/mol. The lowest BCUT2D eigenvalue weighted by Gasteiger charge is -2.34. The average Bonchev–Trinajstić information content (AvgIpc) is 1.16. The minimum absolute atomic E-state index is 0.0104. The molecule has 0 spiro atoms. The average molecular weight is 1530 g/mol. The number of H-pyrrole nitrogens is 3. The van der Waals surface area contributed by atoms with E-state index in [1.807, 2.05) is 54.6 Å². The number of carbonyl (C=O) groups is 12. The van der Waals surface area contributed by atoms with Gasteiger partial charge in [-0.2, -0.15) is 0 Å². The zero-order chi connectivity index (χ0) is 77.0. The third-order valence-corrected chi connectivity index (χ3v) is 25.0. The summed E-state index contributed by atoms with van der Waals surface area (Å²) in [5, 5.41) is 21.4. The molecule has 3 fully saturated rings. The second-order valence-electron chi connectivity index (χ2n) is 29.0. The fourth-order valence-corrected chi connectivity index (χ4v) is 18.4. The summed E-state index contributed by atoms with van der Waals surface area (Å²) in [6.45, 7) is 6.96. The van der Waals surface area contributed by atoms with E-state index in [0.717, 1.165) is 43.4 Å². The highest BCUT2D eigenvalue weighted by Gasteiger charge is 2.45. The van der Waals surface area contributed by atoms with Crippen LogP contribution >= 0.6 is 33.3 Å². The Balaban J connectivity index is 1.11. The number of nitrogens with zero attached hydrogens (tertiary/aromatic N) is 3. The van der Waals surface area contributed by atoms with Gasteiger partial charge in [-0.05, 0) is 102 Å². The number of aromatic amines is 3. The monoisotopic (exact) mass is 1530 g/mol. The van der Waals surface area contributed by atoms with Crippen molar-refractivity contribution in [1.82, 2.24) is 62.1 Å². The van der Waals surface area contributed by atoms with Crippen LogP contribution in [0.15, 0.2) is 121 Å². The molecule has 3 saturated heterocycles. The van der Waals surface area contributed by atoms with E-state index in [2.05, 4.69) is 62.1 Å². The molecule has 7 heterocycles. The van der Waals surface area contributed by atoms with Crippen LogP contribution in [-0.4, -0.2) is 185 Å². The molecule has 3 aromatic heterocycles. The maximum absolute atomic E-state index is 16.1. The fraction of sp³-hybridized carbons (Fsp3) is 0.487. The summed E-state index contributed by atoms with van der Waals surface area (Å²) in [6.07, 6.45) is 10.4. The Morgan fingerprint density at radius 2 is 1.07 bits per heavy atom. The van der Waals surface area contributed by atoms with Crippen molar-refractivity contribution in [3.05, 3.63) is 138 Å². The van der Waals surface area contributed by atoms with Crippen molar-refractivity contribution in [2.45, 2.75) is 184 Å². The molecule has 4 aliphatic rings. The molecule has 8 amide bonds. The minimum Gasteiger partial charge on any atom is -0.361 e. The van der Waals surface area contributed by atoms with Gasteiger partial charge in [0.1, 0.15) is 59.6 Å². The molecule has 0 unspecified atom stereocenters. The SMILES string of the molecule is C[C@@H]1NC(=O)[C@H](CCCCN)CC(=O)[C@H](CCCCN)CC(=O)[C@H]2CC(=O)[C@H](Cc3c[nH]c4ccccc34)CC(=O)[C@H](CC3=CCC=N3)NC(=O)[C@@H](Cc3ccccc3)NC(=O)[C@H](Cc3cnc[nH]3)NC(=O)[C@@H]3CSCN3C(=O)[C@H](CSSC2(C)C)NC(=O)[C@H](Cc2c[nH]c3ccccc23)NC(=O)[C@H](C)NC1=O. The molecular formula is C78H99N15O12S3. The van der Waals surface area contributed by atoms with Crippen molar-refractivity contribution in [2.75, 3.05) is 30.5 Å². The summed E-state index contributed by atoms with van der Waals surface area (Å²) in [4.78, 5) is 203. The van der Waals surface area contributed by atoms with Crippen molar-refractivity contribution < 1.29 is 57.5 Å². The van der Waals surface area contributed by atoms with Gasteiger partial charge in [0.15, 0.2) is 5.78 Å². The first-order valence-corrected chi connectivity index (χ1v) is 40.6. The summed E-state index contributed by atoms with van der Waals surface area (Å²) in [5.41, 5.74) is 16.3. The van der Waals surface area contributed by atoms with Gasteiger partial charge in [-0.3, -0.25) is 62.5 Å². The van der Waals surface area contributed by atoms with Gasteiger partial charge in [-0.1, -0.05) is 107 Å². The number of nitrogens with one attached hydrogen (secondary N) is 10. The van der Waals surface area contributed by atoms with Crippen molar-refractivity contribution >= 4 is 132 Å². The number of unbranched alkanes of at least 4 members (excludes halogenated alkanes) is 2. The van der Waals surface area contributed by atoms with Crippen LogP contribution in [-0.2, 0) is 83.2 Å². The number of carbonyl (C=O) groups excluding carboxylic acids is 12. The molecule has 576 valence electrons. The number of nitrogens with two attached hydrogens (primary N) is 2. The van der Waals surface area contributed by atoms with Crippen LogP contribution < -0.4 is 48.7 Å². The largest absolute Gasteiger partial charge is 0.361 e. The van der Waals surface area contributed by atoms with Crippen LogP contribution in [0.1, 0.15) is 127 Å². The number of benzene rings is 3. The number of thioether (sulfide) groups is 1. The molecular weight excluding hydrogens is 1440 g/mol. The van der Waals surface area contributed by atoms with Crippen LogP contribution in [0, 0.1) is 23.7 Å². The van der Waals surface area contributed by atoms with Crippen molar-refractivity contribution in [2.24, 2.45) is 40.1 Å². The highest BCUT2D eigenvalue weighted by molar-refractivity contribution is 8.77. The Hall–Kier alpha value is -9.23. The van der Waals surface area contributed by atoms with Gasteiger partial charge in [-0.25, -0.2) is 4.98 Å². The van der Waals surface area contributed by atoms with Gasteiger partial charge in [0.25, 0.3) is 0 Å². The van der Waals surface area contributed by atoms with Gasteiger partial charge in [0, 0.05) is 156 Å². The zero-order valence-electron chi connectivity index (χ0n) is 61.4. The second kappa shape index (κ2) is 38.7. The van der Waals surface area contributed by atoms with E-state index in [-0.39, 0.29) is 81.7 Å². The number of Topliss-reactive ketones (excluding diaryl/α,β-unsaturated/α-hetero) is 4. The maximum atomic E-state index is 16.1. The lowest BCUT2D eigenvalue weighted by atomic mass is 9.76. The molecule has 27 nitrogen and oxygen atoms in total. The lowest BCUT2D eigenvalue weighted by molar-refractivity contribution is -0.141. The molecule has 30 heteroatoms. The molecule has 10 rings (SSSR count). The Bertz CT molecular complexity index is 4280. The smallest absolute Gasteiger partial charge is 0.247 e. The van der Waals surface area contributed by atoms with Gasteiger partial charge in [0.2, 0.25) is 47.3 Å². The van der Waals surface area contributed by atoms with E-state index in [0.29, 0.717) is 66.7 Å². The van der Waals surface area contributed by atoms with E-state index < -0.39 is 160 Å². The van der Waals surface area contributed by atoms with Gasteiger partial charge < -0.3 is 68.5 Å². The highest BCUT2D eigenvalue weighted by atomic mass is 33.1. The van der Waals surface area contributed by atoms with E-state index in [4.69, 9.17) is 11.5 Å². The molecule has 4 aliphatic heterocycles. The third kappa shape index (κ3) is 21.8. The predicted octanol–water partition coefficient (Wildman–Crippen LogP) is 5.47. The van der Waals surface area contributed by atoms with Crippen molar-refractivity contribution in [1.29, 1.82) is 0 Å². The van der Waals surface area contributed by atoms with Crippen molar-refractivity contribution in [3.63, 3.8) is 0 Å². The normalized spacial score (nSPS) is 26.2. The summed E-state index contributed by atoms with van der Waals surface area (Å²) < 4.78 is -1.30. The number of allylic oxidation sites excluding steroid dienone is 1. The number of amides is 8. The molecule has 0 aliphatic carbocycles. The van der Waals surface area contributed by atoms with E-state index in [1.54, 1.807) is 62.8 Å². The van der Waals surface area contributed by atoms with Crippen LogP contribution in [0.2, 0.25) is 0 Å². The molecule has 0 saturated carbocycles. The zero-order valence-corrected chi connectivity index (χ0v) is 63.8.